The highest BCUT2D eigenvalue weighted by molar-refractivity contribution is 5.98. The minimum Gasteiger partial charge on any atom is -0.382 e. The van der Waals surface area contributed by atoms with Crippen LogP contribution >= 0.6 is 0 Å². The molecule has 0 aliphatic carbocycles. The summed E-state index contributed by atoms with van der Waals surface area (Å²) < 4.78 is 0. The monoisotopic (exact) mass is 464 g/mol. The highest BCUT2D eigenvalue weighted by Gasteiger charge is 2.33. The summed E-state index contributed by atoms with van der Waals surface area (Å²) in [6.07, 6.45) is 11.7. The number of likely N-dealkylation sites (tertiary alicyclic amines) is 1. The van der Waals surface area contributed by atoms with Crippen molar-refractivity contribution in [2.45, 2.75) is 70.9 Å². The number of unbranched alkanes of at least 4 members (excludes halogenated alkanes) is 2. The smallest absolute Gasteiger partial charge is 0.232 e. The molecule has 3 aliphatic heterocycles. The summed E-state index contributed by atoms with van der Waals surface area (Å²) in [5.41, 5.74) is 8.39. The van der Waals surface area contributed by atoms with Gasteiger partial charge in [-0.25, -0.2) is 0 Å². The summed E-state index contributed by atoms with van der Waals surface area (Å²) in [5, 5.41) is 7.66. The number of nitrogens with two attached hydrogens (primary N) is 1. The van der Waals surface area contributed by atoms with Crippen LogP contribution in [-0.2, 0) is 11.2 Å². The maximum atomic E-state index is 13.5. The lowest BCUT2D eigenvalue weighted by Gasteiger charge is -2.39. The Bertz CT molecular complexity index is 931. The van der Waals surface area contributed by atoms with Gasteiger partial charge in [0.25, 0.3) is 0 Å². The molecule has 4 rings (SSSR count). The van der Waals surface area contributed by atoms with Crippen LogP contribution in [0.1, 0.15) is 57.9 Å². The van der Waals surface area contributed by atoms with Gasteiger partial charge in [0.05, 0.1) is 12.5 Å². The van der Waals surface area contributed by atoms with Gasteiger partial charge in [-0.2, -0.15) is 0 Å². The molecule has 1 saturated heterocycles. The fraction of sp³-hybridized carbons (Fsp3) is 0.593. The van der Waals surface area contributed by atoms with Crippen molar-refractivity contribution in [3.05, 3.63) is 41.7 Å². The third kappa shape index (κ3) is 5.69. The number of para-hydroxylation sites is 1. The lowest BCUT2D eigenvalue weighted by atomic mass is 9.90. The number of rotatable bonds is 9. The molecule has 34 heavy (non-hydrogen) atoms. The molecule has 7 heteroatoms. The number of aliphatic imine (C=N–C) groups is 1. The number of piperidine rings is 1. The Labute approximate surface area is 204 Å². The van der Waals surface area contributed by atoms with Gasteiger partial charge in [0, 0.05) is 43.3 Å². The SMILES string of the molecule is C[C@@H]1CCC[C@H](C)N1CCCCCN1C(=O)C(CN2C=C(C(=N)N)N=CC2)Cc2ccccc21. The van der Waals surface area contributed by atoms with E-state index in [0.29, 0.717) is 30.9 Å². The van der Waals surface area contributed by atoms with Crippen molar-refractivity contribution in [3.8, 4) is 0 Å². The molecule has 0 radical (unpaired) electrons. The number of benzene rings is 1. The topological polar surface area (TPSA) is 89.0 Å². The van der Waals surface area contributed by atoms with Gasteiger partial charge >= 0.3 is 0 Å². The Morgan fingerprint density at radius 3 is 2.62 bits per heavy atom. The molecule has 0 saturated carbocycles. The van der Waals surface area contributed by atoms with Gasteiger partial charge in [-0.15, -0.1) is 0 Å². The Hall–Kier alpha value is -2.67. The molecule has 1 unspecified atom stereocenters. The maximum absolute atomic E-state index is 13.5. The Morgan fingerprint density at radius 1 is 1.12 bits per heavy atom. The zero-order valence-electron chi connectivity index (χ0n) is 20.7. The number of hydrogen-bond donors (Lipinski definition) is 2. The average Bonchev–Trinajstić information content (AvgIpc) is 2.82. The van der Waals surface area contributed by atoms with E-state index in [1.54, 1.807) is 6.21 Å². The van der Waals surface area contributed by atoms with E-state index < -0.39 is 0 Å². The first-order chi connectivity index (χ1) is 16.4. The van der Waals surface area contributed by atoms with Crippen molar-refractivity contribution in [1.82, 2.24) is 9.80 Å². The molecule has 0 bridgehead atoms. The largest absolute Gasteiger partial charge is 0.382 e. The molecule has 3 N–H and O–H groups in total. The number of nitrogens with one attached hydrogen (secondary N) is 1. The summed E-state index contributed by atoms with van der Waals surface area (Å²) in [4.78, 5) is 24.5. The number of carbonyl (C=O) groups excluding carboxylic acids is 1. The Balaban J connectivity index is 1.35. The average molecular weight is 465 g/mol. The number of hydrogen-bond acceptors (Lipinski definition) is 5. The first-order valence-corrected chi connectivity index (χ1v) is 12.9. The number of nitrogens with zero attached hydrogens (tertiary/aromatic N) is 4. The van der Waals surface area contributed by atoms with Gasteiger partial charge in [-0.1, -0.05) is 31.0 Å². The van der Waals surface area contributed by atoms with Crippen molar-refractivity contribution in [3.63, 3.8) is 0 Å². The molecule has 3 aliphatic rings. The molecule has 1 aromatic carbocycles. The van der Waals surface area contributed by atoms with Crippen LogP contribution in [0.15, 0.2) is 41.2 Å². The number of amidine groups is 1. The van der Waals surface area contributed by atoms with Crippen LogP contribution in [0.25, 0.3) is 0 Å². The minimum absolute atomic E-state index is 0.0452. The van der Waals surface area contributed by atoms with Gasteiger partial charge in [0.15, 0.2) is 0 Å². The lowest BCUT2D eigenvalue weighted by molar-refractivity contribution is -0.123. The third-order valence-corrected chi connectivity index (χ3v) is 7.62. The molecule has 0 spiro atoms. The second-order valence-corrected chi connectivity index (χ2v) is 10.1. The normalized spacial score (nSPS) is 25.3. The fourth-order valence-corrected chi connectivity index (χ4v) is 5.72. The molecule has 3 heterocycles. The van der Waals surface area contributed by atoms with Gasteiger partial charge in [0.2, 0.25) is 5.91 Å². The summed E-state index contributed by atoms with van der Waals surface area (Å²) in [6.45, 7) is 7.90. The standard InChI is InChI=1S/C27H40N6O/c1-20-9-8-10-21(2)32(20)14-6-3-7-15-33-25-12-5-4-11-22(25)17-23(27(33)34)18-31-16-13-30-24(19-31)26(28)29/h4-5,11-13,19-21,23H,3,6-10,14-18H2,1-2H3,(H3,28,29)/t20-,21+,23?. The Morgan fingerprint density at radius 2 is 1.85 bits per heavy atom. The van der Waals surface area contributed by atoms with E-state index in [0.717, 1.165) is 38.0 Å². The first kappa shape index (κ1) is 24.5. The highest BCUT2D eigenvalue weighted by atomic mass is 16.2. The summed E-state index contributed by atoms with van der Waals surface area (Å²) in [5.74, 6) is 0.0504. The van der Waals surface area contributed by atoms with Crippen molar-refractivity contribution < 1.29 is 4.79 Å². The molecule has 1 fully saturated rings. The van der Waals surface area contributed by atoms with Crippen LogP contribution in [0.5, 0.6) is 0 Å². The third-order valence-electron chi connectivity index (χ3n) is 7.62. The quantitative estimate of drug-likeness (QED) is 0.331. The van der Waals surface area contributed by atoms with Crippen LogP contribution in [0.3, 0.4) is 0 Å². The van der Waals surface area contributed by atoms with Gasteiger partial charge in [-0.05, 0) is 64.1 Å². The van der Waals surface area contributed by atoms with Crippen molar-refractivity contribution >= 4 is 23.6 Å². The number of anilines is 1. The zero-order valence-corrected chi connectivity index (χ0v) is 20.7. The predicted octanol–water partition coefficient (Wildman–Crippen LogP) is 3.79. The summed E-state index contributed by atoms with van der Waals surface area (Å²) in [6, 6.07) is 9.71. The first-order valence-electron chi connectivity index (χ1n) is 12.9. The zero-order chi connectivity index (χ0) is 24.1. The van der Waals surface area contributed by atoms with Crippen LogP contribution in [-0.4, -0.2) is 66.0 Å². The molecular weight excluding hydrogens is 424 g/mol. The van der Waals surface area contributed by atoms with Gasteiger partial charge in [-0.3, -0.25) is 20.1 Å². The highest BCUT2D eigenvalue weighted by Crippen LogP contribution is 2.32. The van der Waals surface area contributed by atoms with Crippen LogP contribution in [0.2, 0.25) is 0 Å². The fourth-order valence-electron chi connectivity index (χ4n) is 5.72. The second kappa shape index (κ2) is 11.2. The number of amides is 1. The predicted molar refractivity (Wildman–Crippen MR) is 139 cm³/mol. The maximum Gasteiger partial charge on any atom is 0.232 e. The molecular formula is C27H40N6O. The molecule has 1 amide bonds. The van der Waals surface area contributed by atoms with E-state index in [1.165, 1.54) is 31.2 Å². The molecule has 0 aromatic heterocycles. The van der Waals surface area contributed by atoms with Crippen LogP contribution < -0.4 is 10.6 Å². The van der Waals surface area contributed by atoms with E-state index in [2.05, 4.69) is 46.8 Å². The van der Waals surface area contributed by atoms with E-state index in [-0.39, 0.29) is 17.7 Å². The number of carbonyl (C=O) groups is 1. The molecule has 184 valence electrons. The molecule has 1 aromatic rings. The Kier molecular flexibility index (Phi) is 8.03. The van der Waals surface area contributed by atoms with E-state index in [1.807, 2.05) is 17.2 Å². The van der Waals surface area contributed by atoms with Crippen LogP contribution in [0.4, 0.5) is 5.69 Å². The molecule has 7 nitrogen and oxygen atoms in total. The summed E-state index contributed by atoms with van der Waals surface area (Å²) >= 11 is 0. The van der Waals surface area contributed by atoms with Crippen LogP contribution in [0, 0.1) is 11.3 Å². The number of fused-ring (bicyclic) bond motifs is 1. The van der Waals surface area contributed by atoms with Crippen molar-refractivity contribution in [2.75, 3.05) is 31.1 Å². The van der Waals surface area contributed by atoms with E-state index in [9.17, 15) is 4.79 Å². The van der Waals surface area contributed by atoms with Gasteiger partial charge in [0.1, 0.15) is 11.5 Å². The minimum atomic E-state index is -0.110. The van der Waals surface area contributed by atoms with Crippen molar-refractivity contribution in [1.29, 1.82) is 5.41 Å². The summed E-state index contributed by atoms with van der Waals surface area (Å²) in [7, 11) is 0. The second-order valence-electron chi connectivity index (χ2n) is 10.1. The van der Waals surface area contributed by atoms with E-state index in [4.69, 9.17) is 11.1 Å². The van der Waals surface area contributed by atoms with Gasteiger partial charge < -0.3 is 15.5 Å². The van der Waals surface area contributed by atoms with Crippen molar-refractivity contribution in [2.24, 2.45) is 16.6 Å². The van der Waals surface area contributed by atoms with E-state index >= 15 is 0 Å². The lowest BCUT2D eigenvalue weighted by Crippen LogP contribution is -2.46. The molecule has 3 atom stereocenters.